The van der Waals surface area contributed by atoms with Crippen molar-refractivity contribution >= 4 is 10.0 Å². The summed E-state index contributed by atoms with van der Waals surface area (Å²) < 4.78 is 34.5. The largest absolute Gasteiger partial charge is 0.309 e. The van der Waals surface area contributed by atoms with Crippen LogP contribution in [-0.4, -0.2) is 20.7 Å². The highest BCUT2D eigenvalue weighted by Gasteiger charge is 2.22. The number of primary sulfonamides is 1. The zero-order chi connectivity index (χ0) is 12.5. The van der Waals surface area contributed by atoms with Crippen LogP contribution >= 0.6 is 0 Å². The number of benzene rings is 1. The van der Waals surface area contributed by atoms with Gasteiger partial charge in [0.2, 0.25) is 10.0 Å². The Morgan fingerprint density at radius 2 is 2.24 bits per heavy atom. The summed E-state index contributed by atoms with van der Waals surface area (Å²) in [6.45, 7) is 0.320. The van der Waals surface area contributed by atoms with Gasteiger partial charge in [0.1, 0.15) is 5.82 Å². The third-order valence-electron chi connectivity index (χ3n) is 2.96. The van der Waals surface area contributed by atoms with E-state index in [0.717, 1.165) is 24.0 Å². The summed E-state index contributed by atoms with van der Waals surface area (Å²) in [5.41, 5.74) is 2.05. The fourth-order valence-electron chi connectivity index (χ4n) is 2.17. The van der Waals surface area contributed by atoms with Crippen molar-refractivity contribution in [2.45, 2.75) is 18.9 Å². The maximum Gasteiger partial charge on any atom is 0.210 e. The lowest BCUT2D eigenvalue weighted by atomic mass is 10.1. The fourth-order valence-corrected chi connectivity index (χ4v) is 2.58. The van der Waals surface area contributed by atoms with Crippen molar-refractivity contribution < 1.29 is 12.8 Å². The summed E-state index contributed by atoms with van der Waals surface area (Å²) in [6.07, 6.45) is 1.68. The first kappa shape index (κ1) is 12.5. The SMILES string of the molecule is NS(=O)(=O)CCNC1CCc2cc(F)ccc21. The van der Waals surface area contributed by atoms with Crippen LogP contribution in [0.3, 0.4) is 0 Å². The van der Waals surface area contributed by atoms with Gasteiger partial charge < -0.3 is 5.32 Å². The first-order valence-electron chi connectivity index (χ1n) is 5.48. The first-order chi connectivity index (χ1) is 7.96. The summed E-state index contributed by atoms with van der Waals surface area (Å²) in [5, 5.41) is 8.05. The predicted octanol–water partition coefficient (Wildman–Crippen LogP) is 0.691. The minimum atomic E-state index is -3.42. The molecule has 0 fully saturated rings. The van der Waals surface area contributed by atoms with E-state index in [-0.39, 0.29) is 17.6 Å². The lowest BCUT2D eigenvalue weighted by Gasteiger charge is -2.13. The van der Waals surface area contributed by atoms with Crippen molar-refractivity contribution in [3.63, 3.8) is 0 Å². The van der Waals surface area contributed by atoms with Gasteiger partial charge in [0.15, 0.2) is 0 Å². The van der Waals surface area contributed by atoms with Crippen LogP contribution < -0.4 is 10.5 Å². The van der Waals surface area contributed by atoms with Crippen molar-refractivity contribution in [3.05, 3.63) is 35.1 Å². The van der Waals surface area contributed by atoms with Gasteiger partial charge in [0.25, 0.3) is 0 Å². The third kappa shape index (κ3) is 3.24. The van der Waals surface area contributed by atoms with Gasteiger partial charge in [-0.3, -0.25) is 0 Å². The van der Waals surface area contributed by atoms with Crippen LogP contribution in [0.2, 0.25) is 0 Å². The Morgan fingerprint density at radius 3 is 2.94 bits per heavy atom. The van der Waals surface area contributed by atoms with Crippen LogP contribution in [0.4, 0.5) is 4.39 Å². The van der Waals surface area contributed by atoms with E-state index in [2.05, 4.69) is 5.32 Å². The number of hydrogen-bond donors (Lipinski definition) is 2. The molecule has 1 aromatic rings. The molecule has 4 nitrogen and oxygen atoms in total. The average Bonchev–Trinajstić information content (AvgIpc) is 2.59. The second-order valence-electron chi connectivity index (χ2n) is 4.26. The molecule has 94 valence electrons. The Labute approximate surface area is 100 Å². The van der Waals surface area contributed by atoms with Crippen LogP contribution in [-0.2, 0) is 16.4 Å². The molecule has 0 aliphatic heterocycles. The highest BCUT2D eigenvalue weighted by molar-refractivity contribution is 7.89. The van der Waals surface area contributed by atoms with E-state index >= 15 is 0 Å². The van der Waals surface area contributed by atoms with Gasteiger partial charge in [-0.1, -0.05) is 6.07 Å². The number of sulfonamides is 1. The molecule has 0 aromatic heterocycles. The van der Waals surface area contributed by atoms with Crippen molar-refractivity contribution in [2.75, 3.05) is 12.3 Å². The van der Waals surface area contributed by atoms with E-state index in [1.165, 1.54) is 12.1 Å². The van der Waals surface area contributed by atoms with E-state index in [9.17, 15) is 12.8 Å². The van der Waals surface area contributed by atoms with Gasteiger partial charge >= 0.3 is 0 Å². The smallest absolute Gasteiger partial charge is 0.210 e. The second-order valence-corrected chi connectivity index (χ2v) is 5.99. The van der Waals surface area contributed by atoms with E-state index in [4.69, 9.17) is 5.14 Å². The molecular formula is C11H15FN2O2S. The standard InChI is InChI=1S/C11H15FN2O2S/c12-9-2-3-10-8(7-9)1-4-11(10)14-5-6-17(13,15)16/h2-3,7,11,14H,1,4-6H2,(H2,13,15,16). The number of nitrogens with one attached hydrogen (secondary N) is 1. The van der Waals surface area contributed by atoms with Gasteiger partial charge in [0, 0.05) is 12.6 Å². The van der Waals surface area contributed by atoms with E-state index in [1.807, 2.05) is 0 Å². The highest BCUT2D eigenvalue weighted by atomic mass is 32.2. The van der Waals surface area contributed by atoms with Gasteiger partial charge in [-0.05, 0) is 36.1 Å². The van der Waals surface area contributed by atoms with Gasteiger partial charge in [-0.15, -0.1) is 0 Å². The summed E-state index contributed by atoms with van der Waals surface area (Å²) in [5.74, 6) is -0.311. The molecule has 1 atom stereocenters. The van der Waals surface area contributed by atoms with Crippen LogP contribution in [0.1, 0.15) is 23.6 Å². The molecular weight excluding hydrogens is 243 g/mol. The van der Waals surface area contributed by atoms with Crippen LogP contribution in [0.25, 0.3) is 0 Å². The lowest BCUT2D eigenvalue weighted by Crippen LogP contribution is -2.29. The summed E-state index contributed by atoms with van der Waals surface area (Å²) in [7, 11) is -3.42. The molecule has 0 spiro atoms. The van der Waals surface area contributed by atoms with Crippen LogP contribution in [0.15, 0.2) is 18.2 Å². The maximum atomic E-state index is 13.0. The molecule has 0 bridgehead atoms. The Kier molecular flexibility index (Phi) is 3.46. The number of aryl methyl sites for hydroxylation is 1. The van der Waals surface area contributed by atoms with Crippen molar-refractivity contribution in [1.29, 1.82) is 0 Å². The molecule has 0 amide bonds. The zero-order valence-electron chi connectivity index (χ0n) is 9.32. The van der Waals surface area contributed by atoms with Crippen molar-refractivity contribution in [1.82, 2.24) is 5.32 Å². The third-order valence-corrected chi connectivity index (χ3v) is 3.73. The quantitative estimate of drug-likeness (QED) is 0.834. The van der Waals surface area contributed by atoms with E-state index < -0.39 is 10.0 Å². The summed E-state index contributed by atoms with van der Waals surface area (Å²) >= 11 is 0. The van der Waals surface area contributed by atoms with Crippen molar-refractivity contribution in [2.24, 2.45) is 5.14 Å². The molecule has 0 heterocycles. The number of halogens is 1. The lowest BCUT2D eigenvalue weighted by molar-refractivity contribution is 0.541. The fraction of sp³-hybridized carbons (Fsp3) is 0.455. The number of nitrogens with two attached hydrogens (primary N) is 1. The summed E-state index contributed by atoms with van der Waals surface area (Å²) in [6, 6.07) is 4.83. The Morgan fingerprint density at radius 1 is 1.47 bits per heavy atom. The molecule has 0 saturated carbocycles. The van der Waals surface area contributed by atoms with Gasteiger partial charge in [-0.2, -0.15) is 0 Å². The van der Waals surface area contributed by atoms with Crippen LogP contribution in [0.5, 0.6) is 0 Å². The Bertz CT molecular complexity index is 516. The second kappa shape index (κ2) is 4.72. The number of hydrogen-bond acceptors (Lipinski definition) is 3. The Hall–Kier alpha value is -0.980. The highest BCUT2D eigenvalue weighted by Crippen LogP contribution is 2.31. The molecule has 3 N–H and O–H groups in total. The topological polar surface area (TPSA) is 72.2 Å². The number of fused-ring (bicyclic) bond motifs is 1. The van der Waals surface area contributed by atoms with E-state index in [1.54, 1.807) is 6.07 Å². The summed E-state index contributed by atoms with van der Waals surface area (Å²) in [4.78, 5) is 0. The zero-order valence-corrected chi connectivity index (χ0v) is 10.1. The molecule has 1 aromatic carbocycles. The molecule has 0 saturated heterocycles. The van der Waals surface area contributed by atoms with E-state index in [0.29, 0.717) is 6.54 Å². The molecule has 1 aliphatic carbocycles. The normalized spacial score (nSPS) is 19.3. The predicted molar refractivity (Wildman–Crippen MR) is 63.4 cm³/mol. The maximum absolute atomic E-state index is 13.0. The molecule has 6 heteroatoms. The van der Waals surface area contributed by atoms with Crippen LogP contribution in [0, 0.1) is 5.82 Å². The monoisotopic (exact) mass is 258 g/mol. The Balaban J connectivity index is 1.98. The number of rotatable bonds is 4. The molecule has 1 unspecified atom stereocenters. The minimum Gasteiger partial charge on any atom is -0.309 e. The molecule has 1 aliphatic rings. The first-order valence-corrected chi connectivity index (χ1v) is 7.19. The average molecular weight is 258 g/mol. The molecule has 0 radical (unpaired) electrons. The van der Waals surface area contributed by atoms with Gasteiger partial charge in [0.05, 0.1) is 5.75 Å². The van der Waals surface area contributed by atoms with Crippen molar-refractivity contribution in [3.8, 4) is 0 Å². The van der Waals surface area contributed by atoms with Gasteiger partial charge in [-0.25, -0.2) is 17.9 Å². The minimum absolute atomic E-state index is 0.0833. The molecule has 2 rings (SSSR count). The molecule has 17 heavy (non-hydrogen) atoms.